The number of piperidine rings is 1. The van der Waals surface area contributed by atoms with E-state index in [1.807, 2.05) is 0 Å². The highest BCUT2D eigenvalue weighted by Gasteiger charge is 2.29. The fourth-order valence-corrected chi connectivity index (χ4v) is 3.90. The van der Waals surface area contributed by atoms with Crippen molar-refractivity contribution in [3.05, 3.63) is 17.7 Å². The Kier molecular flexibility index (Phi) is 3.84. The van der Waals surface area contributed by atoms with Gasteiger partial charge in [-0.3, -0.25) is 9.80 Å². The van der Waals surface area contributed by atoms with Gasteiger partial charge in [0.25, 0.3) is 0 Å². The molecule has 5 nitrogen and oxygen atoms in total. The molecule has 0 N–H and O–H groups in total. The minimum absolute atomic E-state index is 0.288. The lowest BCUT2D eigenvalue weighted by Crippen LogP contribution is -2.54. The molecule has 0 aromatic heterocycles. The van der Waals surface area contributed by atoms with Crippen molar-refractivity contribution in [2.75, 3.05) is 40.1 Å². The van der Waals surface area contributed by atoms with E-state index in [1.165, 1.54) is 44.5 Å². The first kappa shape index (κ1) is 14.2. The molecule has 0 bridgehead atoms. The van der Waals surface area contributed by atoms with Gasteiger partial charge in [0, 0.05) is 32.2 Å². The lowest BCUT2D eigenvalue weighted by molar-refractivity contribution is 0.0456. The molecule has 0 radical (unpaired) electrons. The highest BCUT2D eigenvalue weighted by atomic mass is 16.7. The minimum Gasteiger partial charge on any atom is -0.493 e. The summed E-state index contributed by atoms with van der Waals surface area (Å²) in [4.78, 5) is 5.23. The van der Waals surface area contributed by atoms with Gasteiger partial charge in [0.15, 0.2) is 11.5 Å². The van der Waals surface area contributed by atoms with Gasteiger partial charge in [-0.15, -0.1) is 0 Å². The number of hydrogen-bond donors (Lipinski definition) is 0. The van der Waals surface area contributed by atoms with Gasteiger partial charge in [0.2, 0.25) is 12.5 Å². The summed E-state index contributed by atoms with van der Waals surface area (Å²) in [6.07, 6.45) is 4.10. The number of methoxy groups -OCH3 is 1. The molecule has 1 atom stereocenters. The first-order valence-corrected chi connectivity index (χ1v) is 8.26. The topological polar surface area (TPSA) is 34.2 Å². The van der Waals surface area contributed by atoms with Crippen LogP contribution >= 0.6 is 0 Å². The van der Waals surface area contributed by atoms with Crippen molar-refractivity contribution in [1.82, 2.24) is 9.80 Å². The largest absolute Gasteiger partial charge is 0.493 e. The average molecular weight is 304 g/mol. The Morgan fingerprint density at radius 1 is 1.18 bits per heavy atom. The molecule has 3 aliphatic heterocycles. The first-order valence-electron chi connectivity index (χ1n) is 8.26. The number of ether oxygens (including phenoxy) is 3. The number of piperazine rings is 1. The smallest absolute Gasteiger partial charge is 0.231 e. The van der Waals surface area contributed by atoms with Crippen LogP contribution in [-0.2, 0) is 6.54 Å². The van der Waals surface area contributed by atoms with Crippen LogP contribution in [0.15, 0.2) is 12.1 Å². The van der Waals surface area contributed by atoms with Crippen LogP contribution in [0.3, 0.4) is 0 Å². The summed E-state index contributed by atoms with van der Waals surface area (Å²) < 4.78 is 16.4. The van der Waals surface area contributed by atoms with E-state index < -0.39 is 0 Å². The predicted octanol–water partition coefficient (Wildman–Crippen LogP) is 2.09. The second-order valence-corrected chi connectivity index (χ2v) is 6.45. The molecule has 120 valence electrons. The van der Waals surface area contributed by atoms with E-state index in [0.717, 1.165) is 36.4 Å². The van der Waals surface area contributed by atoms with Gasteiger partial charge in [-0.2, -0.15) is 0 Å². The third kappa shape index (κ3) is 2.63. The number of nitrogens with zero attached hydrogens (tertiary/aromatic N) is 2. The zero-order chi connectivity index (χ0) is 14.9. The highest BCUT2D eigenvalue weighted by molar-refractivity contribution is 5.55. The molecule has 2 fully saturated rings. The van der Waals surface area contributed by atoms with E-state index in [9.17, 15) is 0 Å². The van der Waals surface area contributed by atoms with Crippen molar-refractivity contribution in [2.45, 2.75) is 31.8 Å². The molecule has 22 heavy (non-hydrogen) atoms. The molecule has 5 heteroatoms. The average Bonchev–Trinajstić information content (AvgIpc) is 3.02. The summed E-state index contributed by atoms with van der Waals surface area (Å²) in [5, 5.41) is 0. The van der Waals surface area contributed by atoms with E-state index in [4.69, 9.17) is 14.2 Å². The fraction of sp³-hybridized carbons (Fsp3) is 0.647. The van der Waals surface area contributed by atoms with Crippen molar-refractivity contribution in [3.8, 4) is 17.2 Å². The molecule has 3 aliphatic rings. The van der Waals surface area contributed by atoms with Crippen LogP contribution in [0.4, 0.5) is 0 Å². The summed E-state index contributed by atoms with van der Waals surface area (Å²) in [6, 6.07) is 4.93. The summed E-state index contributed by atoms with van der Waals surface area (Å²) in [7, 11) is 1.68. The maximum Gasteiger partial charge on any atom is 0.231 e. The normalized spacial score (nSPS) is 25.0. The van der Waals surface area contributed by atoms with E-state index in [0.29, 0.717) is 0 Å². The van der Waals surface area contributed by atoms with Crippen LogP contribution in [0, 0.1) is 0 Å². The van der Waals surface area contributed by atoms with Gasteiger partial charge in [-0.05, 0) is 37.1 Å². The third-order valence-corrected chi connectivity index (χ3v) is 5.05. The second kappa shape index (κ2) is 5.97. The minimum atomic E-state index is 0.288. The third-order valence-electron chi connectivity index (χ3n) is 5.05. The van der Waals surface area contributed by atoms with Crippen molar-refractivity contribution in [2.24, 2.45) is 0 Å². The fourth-order valence-electron chi connectivity index (χ4n) is 3.90. The Hall–Kier alpha value is -1.46. The molecule has 1 aromatic rings. The lowest BCUT2D eigenvalue weighted by Gasteiger charge is -2.44. The predicted molar refractivity (Wildman–Crippen MR) is 83.6 cm³/mol. The van der Waals surface area contributed by atoms with Crippen LogP contribution in [-0.4, -0.2) is 55.9 Å². The van der Waals surface area contributed by atoms with Crippen LogP contribution in [0.2, 0.25) is 0 Å². The van der Waals surface area contributed by atoms with Crippen LogP contribution in [0.25, 0.3) is 0 Å². The van der Waals surface area contributed by atoms with Gasteiger partial charge in [0.05, 0.1) is 7.11 Å². The zero-order valence-corrected chi connectivity index (χ0v) is 13.2. The maximum atomic E-state index is 5.53. The van der Waals surface area contributed by atoms with Gasteiger partial charge < -0.3 is 14.2 Å². The van der Waals surface area contributed by atoms with E-state index in [1.54, 1.807) is 7.11 Å². The summed E-state index contributed by atoms with van der Waals surface area (Å²) in [5.74, 6) is 2.33. The van der Waals surface area contributed by atoms with Crippen LogP contribution in [0.1, 0.15) is 24.8 Å². The molecule has 1 unspecified atom stereocenters. The van der Waals surface area contributed by atoms with Crippen molar-refractivity contribution < 1.29 is 14.2 Å². The van der Waals surface area contributed by atoms with Crippen LogP contribution in [0.5, 0.6) is 17.2 Å². The number of hydrogen-bond acceptors (Lipinski definition) is 5. The highest BCUT2D eigenvalue weighted by Crippen LogP contribution is 2.42. The van der Waals surface area contributed by atoms with E-state index in [-0.39, 0.29) is 6.79 Å². The van der Waals surface area contributed by atoms with Gasteiger partial charge in [0.1, 0.15) is 0 Å². The number of benzene rings is 1. The zero-order valence-electron chi connectivity index (χ0n) is 13.2. The molecule has 0 spiro atoms. The lowest BCUT2D eigenvalue weighted by atomic mass is 9.99. The summed E-state index contributed by atoms with van der Waals surface area (Å²) in [6.45, 7) is 6.06. The number of rotatable bonds is 3. The second-order valence-electron chi connectivity index (χ2n) is 6.45. The quantitative estimate of drug-likeness (QED) is 0.854. The molecule has 0 saturated carbocycles. The Balaban J connectivity index is 1.47. The Morgan fingerprint density at radius 3 is 3.05 bits per heavy atom. The first-order chi connectivity index (χ1) is 10.8. The summed E-state index contributed by atoms with van der Waals surface area (Å²) in [5.41, 5.74) is 1.24. The molecule has 2 saturated heterocycles. The maximum absolute atomic E-state index is 5.53. The van der Waals surface area contributed by atoms with Gasteiger partial charge in [-0.25, -0.2) is 0 Å². The van der Waals surface area contributed by atoms with E-state index in [2.05, 4.69) is 21.9 Å². The van der Waals surface area contributed by atoms with Gasteiger partial charge in [-0.1, -0.05) is 6.42 Å². The van der Waals surface area contributed by atoms with E-state index >= 15 is 0 Å². The van der Waals surface area contributed by atoms with Crippen molar-refractivity contribution in [3.63, 3.8) is 0 Å². The molecular weight excluding hydrogens is 280 g/mol. The molecule has 0 amide bonds. The Morgan fingerprint density at radius 2 is 2.14 bits per heavy atom. The Bertz CT molecular complexity index is 549. The molecule has 0 aliphatic carbocycles. The number of fused-ring (bicyclic) bond motifs is 2. The van der Waals surface area contributed by atoms with Crippen molar-refractivity contribution >= 4 is 0 Å². The molecular formula is C17H24N2O3. The molecule has 1 aromatic carbocycles. The Labute approximate surface area is 131 Å². The van der Waals surface area contributed by atoms with Crippen LogP contribution < -0.4 is 14.2 Å². The molecule has 3 heterocycles. The SMILES string of the molecule is COc1cc(CN2CCN3CCCCC3C2)cc2c1OCO2. The molecule has 4 rings (SSSR count). The summed E-state index contributed by atoms with van der Waals surface area (Å²) >= 11 is 0. The van der Waals surface area contributed by atoms with Gasteiger partial charge >= 0.3 is 0 Å². The monoisotopic (exact) mass is 304 g/mol. The standard InChI is InChI=1S/C17H24N2O3/c1-20-15-8-13(9-16-17(15)22-12-21-16)10-18-6-7-19-5-3-2-4-14(19)11-18/h8-9,14H,2-7,10-12H2,1H3. The van der Waals surface area contributed by atoms with Crippen molar-refractivity contribution in [1.29, 1.82) is 0 Å².